The van der Waals surface area contributed by atoms with Gasteiger partial charge in [0.15, 0.2) is 0 Å². The zero-order valence-corrected chi connectivity index (χ0v) is 15.3. The van der Waals surface area contributed by atoms with E-state index in [2.05, 4.69) is 10.6 Å². The lowest BCUT2D eigenvalue weighted by Gasteiger charge is -2.23. The normalized spacial score (nSPS) is 13.8. The summed E-state index contributed by atoms with van der Waals surface area (Å²) >= 11 is 0. The van der Waals surface area contributed by atoms with Crippen molar-refractivity contribution in [3.05, 3.63) is 35.4 Å². The maximum Gasteiger partial charge on any atom is 0.407 e. The van der Waals surface area contributed by atoms with Crippen LogP contribution in [0.2, 0.25) is 0 Å². The minimum atomic E-state index is -0.585. The number of ether oxygens (including phenoxy) is 2. The molecule has 0 bridgehead atoms. The Bertz CT molecular complexity index is 549. The average Bonchev–Trinajstić information content (AvgIpc) is 2.46. The van der Waals surface area contributed by atoms with Crippen molar-refractivity contribution in [3.8, 4) is 0 Å². The number of carbonyl (C=O) groups is 2. The Hall–Kier alpha value is -2.08. The lowest BCUT2D eigenvalue weighted by atomic mass is 10.0. The summed E-state index contributed by atoms with van der Waals surface area (Å²) in [5.41, 5.74) is 1.38. The van der Waals surface area contributed by atoms with Crippen LogP contribution in [0.5, 0.6) is 0 Å². The fourth-order valence-electron chi connectivity index (χ4n) is 2.07. The summed E-state index contributed by atoms with van der Waals surface area (Å²) in [5.74, 6) is -0.372. The van der Waals surface area contributed by atoms with Gasteiger partial charge in [0.1, 0.15) is 11.6 Å². The number of methoxy groups -OCH3 is 1. The molecule has 1 rings (SSSR count). The molecule has 134 valence electrons. The van der Waals surface area contributed by atoms with E-state index in [-0.39, 0.29) is 12.0 Å². The van der Waals surface area contributed by atoms with E-state index < -0.39 is 17.7 Å². The van der Waals surface area contributed by atoms with Gasteiger partial charge in [-0.1, -0.05) is 29.8 Å². The van der Waals surface area contributed by atoms with Crippen molar-refractivity contribution >= 4 is 12.1 Å². The minimum Gasteiger partial charge on any atom is -0.468 e. The molecule has 0 fully saturated rings. The average molecular weight is 336 g/mol. The fraction of sp³-hybridized carbons (Fsp3) is 0.556. The highest BCUT2D eigenvalue weighted by Crippen LogP contribution is 2.15. The van der Waals surface area contributed by atoms with E-state index in [1.807, 2.05) is 38.1 Å². The molecule has 1 amide bonds. The summed E-state index contributed by atoms with van der Waals surface area (Å²) in [4.78, 5) is 23.8. The highest BCUT2D eigenvalue weighted by atomic mass is 16.6. The quantitative estimate of drug-likeness (QED) is 0.781. The zero-order valence-electron chi connectivity index (χ0n) is 15.3. The lowest BCUT2D eigenvalue weighted by Crippen LogP contribution is -2.44. The number of aryl methyl sites for hydroxylation is 1. The van der Waals surface area contributed by atoms with Gasteiger partial charge in [0, 0.05) is 12.6 Å². The third-order valence-electron chi connectivity index (χ3n) is 3.24. The molecule has 2 N–H and O–H groups in total. The number of hydrogen-bond acceptors (Lipinski definition) is 5. The summed E-state index contributed by atoms with van der Waals surface area (Å²) in [5, 5.41) is 5.86. The molecule has 0 aliphatic carbocycles. The predicted octanol–water partition coefficient (Wildman–Crippen LogP) is 2.71. The third kappa shape index (κ3) is 7.00. The van der Waals surface area contributed by atoms with E-state index in [1.165, 1.54) is 7.11 Å². The standard InChI is InChI=1S/C18H28N2O4/c1-12-7-9-14(10-8-12)15(16(21)23-6)19-11-13(2)20-17(22)24-18(3,4)5/h7-10,13,15,19H,11H2,1-6H3,(H,20,22)/t13-,15?/m1/s1. The Kier molecular flexibility index (Phi) is 7.22. The number of rotatable bonds is 6. The Morgan fingerprint density at radius 2 is 1.75 bits per heavy atom. The number of hydrogen-bond donors (Lipinski definition) is 2. The molecule has 0 spiro atoms. The van der Waals surface area contributed by atoms with Crippen molar-refractivity contribution in [3.63, 3.8) is 0 Å². The molecule has 1 aromatic rings. The molecule has 0 heterocycles. The molecule has 0 aliphatic heterocycles. The first-order valence-corrected chi connectivity index (χ1v) is 7.99. The topological polar surface area (TPSA) is 76.7 Å². The summed E-state index contributed by atoms with van der Waals surface area (Å²) in [6.45, 7) is 9.63. The minimum absolute atomic E-state index is 0.211. The third-order valence-corrected chi connectivity index (χ3v) is 3.24. The van der Waals surface area contributed by atoms with Crippen molar-refractivity contribution in [2.24, 2.45) is 0 Å². The van der Waals surface area contributed by atoms with E-state index in [0.29, 0.717) is 6.54 Å². The van der Waals surface area contributed by atoms with Crippen LogP contribution in [0.1, 0.15) is 44.9 Å². The number of esters is 1. The molecular formula is C18H28N2O4. The predicted molar refractivity (Wildman–Crippen MR) is 92.8 cm³/mol. The second-order valence-corrected chi connectivity index (χ2v) is 6.82. The van der Waals surface area contributed by atoms with Gasteiger partial charge in [-0.15, -0.1) is 0 Å². The lowest BCUT2D eigenvalue weighted by molar-refractivity contribution is -0.143. The van der Waals surface area contributed by atoms with Crippen molar-refractivity contribution in [1.29, 1.82) is 0 Å². The molecule has 24 heavy (non-hydrogen) atoms. The van der Waals surface area contributed by atoms with Gasteiger partial charge >= 0.3 is 12.1 Å². The monoisotopic (exact) mass is 336 g/mol. The highest BCUT2D eigenvalue weighted by molar-refractivity contribution is 5.77. The molecule has 6 nitrogen and oxygen atoms in total. The molecule has 1 aromatic carbocycles. The summed E-state index contributed by atoms with van der Waals surface area (Å²) in [6.07, 6.45) is -0.484. The van der Waals surface area contributed by atoms with E-state index in [9.17, 15) is 9.59 Å². The van der Waals surface area contributed by atoms with Crippen LogP contribution in [-0.4, -0.2) is 37.4 Å². The molecule has 6 heteroatoms. The number of alkyl carbamates (subject to hydrolysis) is 1. The van der Waals surface area contributed by atoms with E-state index in [4.69, 9.17) is 9.47 Å². The number of carbonyl (C=O) groups excluding carboxylic acids is 2. The molecule has 0 aliphatic rings. The Morgan fingerprint density at radius 1 is 1.17 bits per heavy atom. The van der Waals surface area contributed by atoms with Crippen LogP contribution in [0.25, 0.3) is 0 Å². The molecule has 0 saturated carbocycles. The smallest absolute Gasteiger partial charge is 0.407 e. The second-order valence-electron chi connectivity index (χ2n) is 6.82. The van der Waals surface area contributed by atoms with E-state index in [0.717, 1.165) is 11.1 Å². The fourth-order valence-corrected chi connectivity index (χ4v) is 2.07. The molecule has 0 saturated heterocycles. The van der Waals surface area contributed by atoms with Crippen LogP contribution >= 0.6 is 0 Å². The zero-order chi connectivity index (χ0) is 18.3. The summed E-state index contributed by atoms with van der Waals surface area (Å²) in [6, 6.07) is 6.85. The first-order valence-electron chi connectivity index (χ1n) is 7.99. The first kappa shape index (κ1) is 20.0. The van der Waals surface area contributed by atoms with Crippen molar-refractivity contribution in [2.45, 2.75) is 52.3 Å². The van der Waals surface area contributed by atoms with Crippen LogP contribution in [0.3, 0.4) is 0 Å². The molecule has 2 atom stereocenters. The van der Waals surface area contributed by atoms with Crippen LogP contribution in [-0.2, 0) is 14.3 Å². The SMILES string of the molecule is COC(=O)C(NC[C@@H](C)NC(=O)OC(C)(C)C)c1ccc(C)cc1. The van der Waals surface area contributed by atoms with Gasteiger partial charge in [-0.25, -0.2) is 9.59 Å². The molecule has 0 radical (unpaired) electrons. The Morgan fingerprint density at radius 3 is 2.25 bits per heavy atom. The largest absolute Gasteiger partial charge is 0.468 e. The molecular weight excluding hydrogens is 308 g/mol. The van der Waals surface area contributed by atoms with Gasteiger partial charge in [0.25, 0.3) is 0 Å². The maximum atomic E-state index is 12.0. The van der Waals surface area contributed by atoms with Crippen LogP contribution in [0, 0.1) is 6.92 Å². The number of benzene rings is 1. The van der Waals surface area contributed by atoms with Gasteiger partial charge in [0.2, 0.25) is 0 Å². The summed E-state index contributed by atoms with van der Waals surface area (Å²) in [7, 11) is 1.35. The van der Waals surface area contributed by atoms with Crippen molar-refractivity contribution in [2.75, 3.05) is 13.7 Å². The number of nitrogens with one attached hydrogen (secondary N) is 2. The highest BCUT2D eigenvalue weighted by Gasteiger charge is 2.23. The molecule has 1 unspecified atom stereocenters. The van der Waals surface area contributed by atoms with Crippen LogP contribution in [0.4, 0.5) is 4.79 Å². The first-order chi connectivity index (χ1) is 11.1. The van der Waals surface area contributed by atoms with Gasteiger partial charge in [-0.2, -0.15) is 0 Å². The van der Waals surface area contributed by atoms with Crippen LogP contribution in [0.15, 0.2) is 24.3 Å². The maximum absolute atomic E-state index is 12.0. The van der Waals surface area contributed by atoms with Gasteiger partial charge in [-0.05, 0) is 40.2 Å². The second kappa shape index (κ2) is 8.68. The number of amides is 1. The Balaban J connectivity index is 2.63. The van der Waals surface area contributed by atoms with Crippen LogP contribution < -0.4 is 10.6 Å². The van der Waals surface area contributed by atoms with Crippen molar-refractivity contribution in [1.82, 2.24) is 10.6 Å². The van der Waals surface area contributed by atoms with Gasteiger partial charge in [-0.3, -0.25) is 5.32 Å². The van der Waals surface area contributed by atoms with E-state index >= 15 is 0 Å². The van der Waals surface area contributed by atoms with Gasteiger partial charge < -0.3 is 14.8 Å². The van der Waals surface area contributed by atoms with E-state index in [1.54, 1.807) is 20.8 Å². The summed E-state index contributed by atoms with van der Waals surface area (Å²) < 4.78 is 10.1. The molecule has 0 aromatic heterocycles. The van der Waals surface area contributed by atoms with Crippen molar-refractivity contribution < 1.29 is 19.1 Å². The Labute approximate surface area is 143 Å². The van der Waals surface area contributed by atoms with Gasteiger partial charge in [0.05, 0.1) is 7.11 Å².